The number of likely N-dealkylation sites (tertiary alicyclic amines) is 1. The highest BCUT2D eigenvalue weighted by molar-refractivity contribution is 7.99. The average molecular weight is 284 g/mol. The van der Waals surface area contributed by atoms with E-state index in [0.29, 0.717) is 5.75 Å². The lowest BCUT2D eigenvalue weighted by atomic mass is 10.1. The number of rotatable bonds is 4. The van der Waals surface area contributed by atoms with E-state index in [1.165, 1.54) is 12.0 Å². The number of thioether (sulfide) groups is 1. The molecule has 0 aliphatic carbocycles. The molecule has 0 radical (unpaired) electrons. The van der Waals surface area contributed by atoms with Gasteiger partial charge in [0.15, 0.2) is 0 Å². The fourth-order valence-electron chi connectivity index (χ4n) is 2.12. The molecule has 1 saturated heterocycles. The van der Waals surface area contributed by atoms with Crippen molar-refractivity contribution in [2.45, 2.75) is 25.0 Å². The molecule has 98 valence electrons. The Balaban J connectivity index is 1.73. The van der Waals surface area contributed by atoms with E-state index >= 15 is 0 Å². The minimum absolute atomic E-state index is 0.279. The second-order valence-electron chi connectivity index (χ2n) is 4.56. The third kappa shape index (κ3) is 4.21. The second kappa shape index (κ2) is 7.05. The minimum Gasteiger partial charge on any atom is -0.342 e. The maximum Gasteiger partial charge on any atom is 0.232 e. The maximum absolute atomic E-state index is 11.9. The van der Waals surface area contributed by atoms with Gasteiger partial charge in [0.2, 0.25) is 5.91 Å². The summed E-state index contributed by atoms with van der Waals surface area (Å²) in [4.78, 5) is 13.9. The highest BCUT2D eigenvalue weighted by atomic mass is 35.5. The van der Waals surface area contributed by atoms with Crippen molar-refractivity contribution in [2.24, 2.45) is 0 Å². The molecule has 4 heteroatoms. The average Bonchev–Trinajstić information content (AvgIpc) is 2.40. The number of amides is 1. The van der Waals surface area contributed by atoms with E-state index in [1.54, 1.807) is 11.8 Å². The van der Waals surface area contributed by atoms with E-state index in [4.69, 9.17) is 11.6 Å². The summed E-state index contributed by atoms with van der Waals surface area (Å²) in [5, 5.41) is 0.760. The Morgan fingerprint density at radius 1 is 1.28 bits per heavy atom. The van der Waals surface area contributed by atoms with Crippen molar-refractivity contribution in [3.05, 3.63) is 34.9 Å². The third-order valence-corrected chi connectivity index (χ3v) is 4.32. The zero-order chi connectivity index (χ0) is 12.8. The SMILES string of the molecule is O=C(CSCc1cccc(Cl)c1)N1CCCCC1. The molecule has 2 nitrogen and oxygen atoms in total. The summed E-state index contributed by atoms with van der Waals surface area (Å²) in [6.45, 7) is 1.88. The summed E-state index contributed by atoms with van der Waals surface area (Å²) in [5.74, 6) is 1.70. The quantitative estimate of drug-likeness (QED) is 0.842. The predicted molar refractivity (Wildman–Crippen MR) is 78.0 cm³/mol. The molecule has 0 aromatic heterocycles. The summed E-state index contributed by atoms with van der Waals surface area (Å²) in [5.41, 5.74) is 1.18. The zero-order valence-electron chi connectivity index (χ0n) is 10.4. The molecule has 1 heterocycles. The van der Waals surface area contributed by atoms with Crippen molar-refractivity contribution >= 4 is 29.3 Å². The van der Waals surface area contributed by atoms with Crippen LogP contribution in [0.2, 0.25) is 5.02 Å². The highest BCUT2D eigenvalue weighted by Crippen LogP contribution is 2.17. The Morgan fingerprint density at radius 3 is 2.78 bits per heavy atom. The smallest absolute Gasteiger partial charge is 0.232 e. The first kappa shape index (κ1) is 13.8. The molecule has 0 spiro atoms. The van der Waals surface area contributed by atoms with Crippen LogP contribution in [0, 0.1) is 0 Å². The van der Waals surface area contributed by atoms with Gasteiger partial charge in [-0.25, -0.2) is 0 Å². The van der Waals surface area contributed by atoms with E-state index in [1.807, 2.05) is 29.2 Å². The fraction of sp³-hybridized carbons (Fsp3) is 0.500. The van der Waals surface area contributed by atoms with E-state index in [0.717, 1.165) is 36.7 Å². The molecule has 1 amide bonds. The summed E-state index contributed by atoms with van der Waals surface area (Å²) in [6, 6.07) is 7.82. The summed E-state index contributed by atoms with van der Waals surface area (Å²) < 4.78 is 0. The van der Waals surface area contributed by atoms with Crippen molar-refractivity contribution < 1.29 is 4.79 Å². The Kier molecular flexibility index (Phi) is 5.39. The van der Waals surface area contributed by atoms with E-state index in [-0.39, 0.29) is 5.91 Å². The van der Waals surface area contributed by atoms with Gasteiger partial charge < -0.3 is 4.90 Å². The normalized spacial score (nSPS) is 15.7. The lowest BCUT2D eigenvalue weighted by Crippen LogP contribution is -2.36. The first-order valence-corrected chi connectivity index (χ1v) is 7.89. The monoisotopic (exact) mass is 283 g/mol. The van der Waals surface area contributed by atoms with E-state index in [9.17, 15) is 4.79 Å². The largest absolute Gasteiger partial charge is 0.342 e. The van der Waals surface area contributed by atoms with Crippen LogP contribution in [0.15, 0.2) is 24.3 Å². The van der Waals surface area contributed by atoms with Crippen LogP contribution in [0.5, 0.6) is 0 Å². The van der Waals surface area contributed by atoms with Crippen molar-refractivity contribution in [1.29, 1.82) is 0 Å². The van der Waals surface area contributed by atoms with Gasteiger partial charge in [-0.3, -0.25) is 4.79 Å². The second-order valence-corrected chi connectivity index (χ2v) is 5.99. The molecule has 2 rings (SSSR count). The standard InChI is InChI=1S/C14H18ClNOS/c15-13-6-4-5-12(9-13)10-18-11-14(17)16-7-2-1-3-8-16/h4-6,9H,1-3,7-8,10-11H2. The van der Waals surface area contributed by atoms with Crippen molar-refractivity contribution in [2.75, 3.05) is 18.8 Å². The molecule has 0 saturated carbocycles. The van der Waals surface area contributed by atoms with Gasteiger partial charge in [0.25, 0.3) is 0 Å². The first-order chi connectivity index (χ1) is 8.75. The number of halogens is 1. The Hall–Kier alpha value is -0.670. The highest BCUT2D eigenvalue weighted by Gasteiger charge is 2.15. The molecule has 0 atom stereocenters. The van der Waals surface area contributed by atoms with Crippen LogP contribution in [0.1, 0.15) is 24.8 Å². The van der Waals surface area contributed by atoms with Crippen LogP contribution in [0.25, 0.3) is 0 Å². The predicted octanol–water partition coefficient (Wildman–Crippen LogP) is 3.59. The summed E-state index contributed by atoms with van der Waals surface area (Å²) >= 11 is 7.59. The maximum atomic E-state index is 11.9. The van der Waals surface area contributed by atoms with Gasteiger partial charge in [0.05, 0.1) is 5.75 Å². The van der Waals surface area contributed by atoms with Gasteiger partial charge in [-0.15, -0.1) is 11.8 Å². The summed E-state index contributed by atoms with van der Waals surface area (Å²) in [6.07, 6.45) is 3.58. The van der Waals surface area contributed by atoms with Gasteiger partial charge in [-0.2, -0.15) is 0 Å². The molecule has 0 N–H and O–H groups in total. The number of nitrogens with zero attached hydrogens (tertiary/aromatic N) is 1. The molecule has 1 aliphatic heterocycles. The third-order valence-electron chi connectivity index (χ3n) is 3.09. The summed E-state index contributed by atoms with van der Waals surface area (Å²) in [7, 11) is 0. The van der Waals surface area contributed by atoms with E-state index < -0.39 is 0 Å². The van der Waals surface area contributed by atoms with Gasteiger partial charge in [-0.1, -0.05) is 23.7 Å². The van der Waals surface area contributed by atoms with Crippen LogP contribution in [0.4, 0.5) is 0 Å². The number of piperidine rings is 1. The number of carbonyl (C=O) groups is 1. The van der Waals surface area contributed by atoms with Gasteiger partial charge in [0, 0.05) is 23.9 Å². The van der Waals surface area contributed by atoms with Gasteiger partial charge in [-0.05, 0) is 37.0 Å². The topological polar surface area (TPSA) is 20.3 Å². The van der Waals surface area contributed by atoms with Crippen molar-refractivity contribution in [3.8, 4) is 0 Å². The minimum atomic E-state index is 0.279. The van der Waals surface area contributed by atoms with E-state index in [2.05, 4.69) is 0 Å². The molecule has 1 aromatic rings. The number of hydrogen-bond donors (Lipinski definition) is 0. The molecule has 0 bridgehead atoms. The Morgan fingerprint density at radius 2 is 2.06 bits per heavy atom. The van der Waals surface area contributed by atoms with Crippen LogP contribution in [0.3, 0.4) is 0 Å². The molecular weight excluding hydrogens is 266 g/mol. The molecule has 18 heavy (non-hydrogen) atoms. The molecule has 0 unspecified atom stereocenters. The molecule has 1 fully saturated rings. The Bertz CT molecular complexity index is 405. The lowest BCUT2D eigenvalue weighted by molar-refractivity contribution is -0.129. The fourth-order valence-corrected chi connectivity index (χ4v) is 3.20. The van der Waals surface area contributed by atoms with Gasteiger partial charge in [0.1, 0.15) is 0 Å². The molecule has 1 aromatic carbocycles. The molecular formula is C14H18ClNOS. The van der Waals surface area contributed by atoms with Crippen molar-refractivity contribution in [1.82, 2.24) is 4.90 Å². The lowest BCUT2D eigenvalue weighted by Gasteiger charge is -2.26. The Labute approximate surface area is 118 Å². The number of carbonyl (C=O) groups excluding carboxylic acids is 1. The number of benzene rings is 1. The molecule has 1 aliphatic rings. The van der Waals surface area contributed by atoms with Crippen LogP contribution < -0.4 is 0 Å². The van der Waals surface area contributed by atoms with Gasteiger partial charge >= 0.3 is 0 Å². The van der Waals surface area contributed by atoms with Crippen LogP contribution in [-0.4, -0.2) is 29.6 Å². The van der Waals surface area contributed by atoms with Crippen molar-refractivity contribution in [3.63, 3.8) is 0 Å². The first-order valence-electron chi connectivity index (χ1n) is 6.35. The van der Waals surface area contributed by atoms with Crippen LogP contribution in [-0.2, 0) is 10.5 Å². The van der Waals surface area contributed by atoms with Crippen LogP contribution >= 0.6 is 23.4 Å². The zero-order valence-corrected chi connectivity index (χ0v) is 12.0. The number of hydrogen-bond acceptors (Lipinski definition) is 2.